The van der Waals surface area contributed by atoms with Gasteiger partial charge in [-0.3, -0.25) is 32.5 Å². The van der Waals surface area contributed by atoms with Crippen molar-refractivity contribution in [2.75, 3.05) is 39.6 Å². The van der Waals surface area contributed by atoms with E-state index in [4.69, 9.17) is 32.3 Å². The Morgan fingerprint density at radius 1 is 0.257 bits per heavy atom. The van der Waals surface area contributed by atoms with E-state index in [2.05, 4.69) is 203 Å². The molecule has 0 aromatic heterocycles. The average molecular weight is 1560 g/mol. The summed E-state index contributed by atoms with van der Waals surface area (Å²) in [6.45, 7) is 2.13. The molecule has 4 N–H and O–H groups in total. The summed E-state index contributed by atoms with van der Waals surface area (Å²) in [5, 5.41) is 20.7. The Morgan fingerprint density at radius 2 is 0.477 bits per heavy atom. The first kappa shape index (κ1) is 103. The standard InChI is InChI=1S/C91H144O16P2/c1-4-7-10-13-16-19-22-25-28-31-34-35-36-37-38-39-40-41-42-43-44-45-46-47-48-49-52-54-56-59-62-65-68-71-74-77-89(94)101-80-86(92)81-103-108(97,98)104-82-87(93)83-105-109(99,100)106-85-88(107-91(96)79-76-73-70-67-64-61-58-55-51-33-30-27-24-21-18-15-12-9-6-3)84-102-90(95)78-75-72-69-66-63-60-57-53-50-32-29-26-23-20-17-14-11-8-5-2/h7-12,16-21,25-30,34-35,37-38,40-41,50-51,53,55,60-61,63-64,69-70,72-73,86-88,92-93H,4-6,13-15,22-24,31-33,36,39,42-49,52,54,56-59,62,65-68,71,74-85H2,1-3H3,(H,97,98)(H,99,100)/b10-7-,11-8-,12-9-,19-16-,20-17-,21-18-,28-25-,29-26-,30-27-,35-34-,38-37-,41-40-,53-50-,55-51-,63-60-,64-61-,72-69-,73-70-. The Morgan fingerprint density at radius 3 is 0.780 bits per heavy atom. The van der Waals surface area contributed by atoms with Crippen LogP contribution in [0.5, 0.6) is 0 Å². The van der Waals surface area contributed by atoms with E-state index in [-0.39, 0.29) is 19.3 Å². The summed E-state index contributed by atoms with van der Waals surface area (Å²) in [5.74, 6) is -1.79. The van der Waals surface area contributed by atoms with E-state index in [1.807, 2.05) is 36.5 Å². The molecule has 0 saturated carbocycles. The van der Waals surface area contributed by atoms with Gasteiger partial charge in [-0.05, 0) is 148 Å². The maximum atomic E-state index is 12.9. The number of hydrogen-bond acceptors (Lipinski definition) is 14. The third kappa shape index (κ3) is 82.7. The van der Waals surface area contributed by atoms with Gasteiger partial charge in [-0.2, -0.15) is 0 Å². The van der Waals surface area contributed by atoms with Crippen molar-refractivity contribution in [3.05, 3.63) is 219 Å². The molecule has 0 aromatic rings. The largest absolute Gasteiger partial charge is 0.472 e. The number of esters is 3. The lowest BCUT2D eigenvalue weighted by Gasteiger charge is -2.21. The van der Waals surface area contributed by atoms with Gasteiger partial charge in [0.1, 0.15) is 25.4 Å². The summed E-state index contributed by atoms with van der Waals surface area (Å²) in [7, 11) is -9.86. The molecule has 0 amide bonds. The molecule has 0 saturated heterocycles. The molecule has 5 unspecified atom stereocenters. The predicted molar refractivity (Wildman–Crippen MR) is 453 cm³/mol. The number of carbonyl (C=O) groups is 3. The third-order valence-electron chi connectivity index (χ3n) is 16.2. The normalized spacial score (nSPS) is 15.0. The first-order valence-corrected chi connectivity index (χ1v) is 44.0. The molecule has 0 radical (unpaired) electrons. The number of allylic oxidation sites excluding steroid dienone is 36. The zero-order valence-corrected chi connectivity index (χ0v) is 68.9. The number of rotatable bonds is 75. The molecule has 0 aliphatic carbocycles. The predicted octanol–water partition coefficient (Wildman–Crippen LogP) is 24.6. The van der Waals surface area contributed by atoms with Crippen molar-refractivity contribution < 1.29 is 75.8 Å². The van der Waals surface area contributed by atoms with Gasteiger partial charge in [0.2, 0.25) is 0 Å². The summed E-state index contributed by atoms with van der Waals surface area (Å²) < 4.78 is 61.0. The quantitative estimate of drug-likeness (QED) is 0.0146. The van der Waals surface area contributed by atoms with Crippen molar-refractivity contribution in [1.82, 2.24) is 0 Å². The van der Waals surface area contributed by atoms with Gasteiger partial charge in [0, 0.05) is 19.3 Å². The first-order chi connectivity index (χ1) is 53.2. The Balaban J connectivity index is 4.58. The second kappa shape index (κ2) is 81.4. The minimum atomic E-state index is -4.98. The van der Waals surface area contributed by atoms with Gasteiger partial charge < -0.3 is 34.2 Å². The molecule has 0 aromatic carbocycles. The highest BCUT2D eigenvalue weighted by Crippen LogP contribution is 2.45. The van der Waals surface area contributed by atoms with Crippen molar-refractivity contribution in [2.45, 2.75) is 296 Å². The molecule has 0 heterocycles. The maximum absolute atomic E-state index is 12.9. The summed E-state index contributed by atoms with van der Waals surface area (Å²) >= 11 is 0. The van der Waals surface area contributed by atoms with Gasteiger partial charge in [-0.15, -0.1) is 0 Å². The molecule has 5 atom stereocenters. The van der Waals surface area contributed by atoms with Gasteiger partial charge >= 0.3 is 33.6 Å². The fraction of sp³-hybridized carbons (Fsp3) is 0.571. The van der Waals surface area contributed by atoms with Crippen LogP contribution in [0.4, 0.5) is 0 Å². The molecular formula is C91H144O16P2. The molecule has 0 rings (SSSR count). The van der Waals surface area contributed by atoms with Crippen LogP contribution in [0.3, 0.4) is 0 Å². The molecule has 614 valence electrons. The molecular weight excluding hydrogens is 1410 g/mol. The molecule has 0 fully saturated rings. The van der Waals surface area contributed by atoms with E-state index in [1.165, 1.54) is 83.5 Å². The highest BCUT2D eigenvalue weighted by molar-refractivity contribution is 7.47. The van der Waals surface area contributed by atoms with Crippen LogP contribution < -0.4 is 0 Å². The molecule has 0 spiro atoms. The monoisotopic (exact) mass is 1550 g/mol. The Labute approximate surface area is 660 Å². The van der Waals surface area contributed by atoms with E-state index in [9.17, 15) is 43.5 Å². The number of ether oxygens (including phenoxy) is 3. The summed E-state index contributed by atoms with van der Waals surface area (Å²) in [6.07, 6.45) is 110. The molecule has 18 heteroatoms. The smallest absolute Gasteiger partial charge is 0.463 e. The molecule has 0 bridgehead atoms. The van der Waals surface area contributed by atoms with Crippen LogP contribution in [0, 0.1) is 0 Å². The number of hydrogen-bond donors (Lipinski definition) is 4. The van der Waals surface area contributed by atoms with Gasteiger partial charge in [0.15, 0.2) is 6.10 Å². The fourth-order valence-electron chi connectivity index (χ4n) is 10.1. The Kier molecular flexibility index (Phi) is 76.8. The zero-order valence-electron chi connectivity index (χ0n) is 67.1. The van der Waals surface area contributed by atoms with Crippen LogP contribution in [0.1, 0.15) is 278 Å². The minimum Gasteiger partial charge on any atom is -0.463 e. The van der Waals surface area contributed by atoms with Crippen LogP contribution in [-0.4, -0.2) is 95.9 Å². The topological polar surface area (TPSA) is 231 Å². The second-order valence-corrected chi connectivity index (χ2v) is 29.3. The van der Waals surface area contributed by atoms with Crippen LogP contribution in [0.2, 0.25) is 0 Å². The minimum absolute atomic E-state index is 0.0206. The number of phosphoric ester groups is 2. The van der Waals surface area contributed by atoms with Gasteiger partial charge in [-0.1, -0.05) is 329 Å². The van der Waals surface area contributed by atoms with E-state index in [0.717, 1.165) is 122 Å². The van der Waals surface area contributed by atoms with E-state index >= 15 is 0 Å². The summed E-state index contributed by atoms with van der Waals surface area (Å²) in [6, 6.07) is 0. The highest BCUT2D eigenvalue weighted by atomic mass is 31.2. The van der Waals surface area contributed by atoms with Crippen LogP contribution in [0.15, 0.2) is 219 Å². The Hall–Kier alpha value is -6.13. The molecule has 0 aliphatic heterocycles. The Bertz CT molecular complexity index is 2860. The van der Waals surface area contributed by atoms with E-state index in [1.54, 1.807) is 0 Å². The summed E-state index contributed by atoms with van der Waals surface area (Å²) in [4.78, 5) is 58.6. The maximum Gasteiger partial charge on any atom is 0.472 e. The van der Waals surface area contributed by atoms with Crippen molar-refractivity contribution in [1.29, 1.82) is 0 Å². The lowest BCUT2D eigenvalue weighted by molar-refractivity contribution is -0.161. The number of aliphatic hydroxyl groups excluding tert-OH is 2. The lowest BCUT2D eigenvalue weighted by atomic mass is 10.0. The first-order valence-electron chi connectivity index (χ1n) is 41.0. The zero-order chi connectivity index (χ0) is 79.4. The number of aliphatic hydroxyl groups is 2. The number of phosphoric acid groups is 2. The van der Waals surface area contributed by atoms with Crippen LogP contribution >= 0.6 is 15.6 Å². The molecule has 109 heavy (non-hydrogen) atoms. The fourth-order valence-corrected chi connectivity index (χ4v) is 11.7. The number of carbonyl (C=O) groups excluding carboxylic acids is 3. The van der Waals surface area contributed by atoms with Crippen LogP contribution in [0.25, 0.3) is 0 Å². The van der Waals surface area contributed by atoms with Crippen molar-refractivity contribution in [3.8, 4) is 0 Å². The van der Waals surface area contributed by atoms with E-state index < -0.39 is 91.5 Å². The highest BCUT2D eigenvalue weighted by Gasteiger charge is 2.29. The van der Waals surface area contributed by atoms with Gasteiger partial charge in [0.25, 0.3) is 0 Å². The SMILES string of the molecule is CC/C=C\C/C=C\C/C=C\C/C=C\C/C=C\C/C=C\CCCCCCCCCCCCCCCCCCC(=O)OCC(O)COP(=O)(O)OCC(O)COP(=O)(O)OCC(COC(=O)CC/C=C\C/C=C\C/C=C\C/C=C\C/C=C\C/C=C\CC)OC(=O)CC/C=C\C/C=C\C/C=C\C/C=C\C/C=C\C/C=C\CC. The van der Waals surface area contributed by atoms with Crippen molar-refractivity contribution in [3.63, 3.8) is 0 Å². The van der Waals surface area contributed by atoms with Gasteiger partial charge in [-0.25, -0.2) is 9.13 Å². The molecule has 0 aliphatic rings. The third-order valence-corrected chi connectivity index (χ3v) is 18.1. The van der Waals surface area contributed by atoms with Gasteiger partial charge in [0.05, 0.1) is 26.4 Å². The second-order valence-electron chi connectivity index (χ2n) is 26.4. The lowest BCUT2D eigenvalue weighted by Crippen LogP contribution is -2.29. The van der Waals surface area contributed by atoms with E-state index in [0.29, 0.717) is 32.1 Å². The summed E-state index contributed by atoms with van der Waals surface area (Å²) in [5.41, 5.74) is 0. The van der Waals surface area contributed by atoms with Crippen LogP contribution in [-0.2, 0) is 55.8 Å². The van der Waals surface area contributed by atoms with Crippen molar-refractivity contribution in [2.24, 2.45) is 0 Å². The number of unbranched alkanes of at least 4 members (excludes halogenated alkanes) is 16. The van der Waals surface area contributed by atoms with Crippen molar-refractivity contribution >= 4 is 33.6 Å². The average Bonchev–Trinajstić information content (AvgIpc) is 0.900. The molecule has 16 nitrogen and oxygen atoms in total.